The van der Waals surface area contributed by atoms with Crippen molar-refractivity contribution in [3.63, 3.8) is 0 Å². The smallest absolute Gasteiger partial charge is 0.244 e. The first-order valence-corrected chi connectivity index (χ1v) is 9.84. The Morgan fingerprint density at radius 1 is 1.36 bits per heavy atom. The van der Waals surface area contributed by atoms with Gasteiger partial charge in [-0.05, 0) is 31.0 Å². The van der Waals surface area contributed by atoms with Crippen LogP contribution in [0.3, 0.4) is 0 Å². The number of carbonyl (C=O) groups excluding carboxylic acids is 2. The Balaban J connectivity index is 0.00000142. The minimum atomic E-state index is -0.524. The summed E-state index contributed by atoms with van der Waals surface area (Å²) in [7, 11) is 1.79. The van der Waals surface area contributed by atoms with Gasteiger partial charge in [0.25, 0.3) is 0 Å². The fourth-order valence-corrected chi connectivity index (χ4v) is 3.71. The summed E-state index contributed by atoms with van der Waals surface area (Å²) in [5.74, 6) is -0.206. The molecule has 8 heteroatoms. The number of anilines is 1. The zero-order valence-electron chi connectivity index (χ0n) is 16.7. The Bertz CT molecular complexity index is 834. The van der Waals surface area contributed by atoms with Gasteiger partial charge in [0.15, 0.2) is 0 Å². The summed E-state index contributed by atoms with van der Waals surface area (Å²) in [5.41, 5.74) is 3.77. The first kappa shape index (κ1) is 20.0. The topological polar surface area (TPSA) is 103 Å². The van der Waals surface area contributed by atoms with Crippen molar-refractivity contribution in [2.24, 2.45) is 0 Å². The monoisotopic (exact) mass is 390 g/mol. The van der Waals surface area contributed by atoms with Crippen molar-refractivity contribution in [1.29, 1.82) is 0 Å². The van der Waals surface area contributed by atoms with Crippen LogP contribution >= 0.6 is 0 Å². The quantitative estimate of drug-likeness (QED) is 0.742. The second-order valence-electron chi connectivity index (χ2n) is 7.12. The molecular formula is C20H34N6O2. The predicted octanol–water partition coefficient (Wildman–Crippen LogP) is 2.07. The van der Waals surface area contributed by atoms with E-state index in [-0.39, 0.29) is 28.7 Å². The number of likely N-dealkylation sites (N-methyl/N-ethyl adjacent to an activating group) is 1. The lowest BCUT2D eigenvalue weighted by Gasteiger charge is -2.27. The summed E-state index contributed by atoms with van der Waals surface area (Å²) >= 11 is 0. The minimum Gasteiger partial charge on any atom is -0.348 e. The van der Waals surface area contributed by atoms with Crippen LogP contribution in [-0.4, -0.2) is 46.4 Å². The molecule has 1 aromatic heterocycles. The van der Waals surface area contributed by atoms with E-state index in [0.29, 0.717) is 12.1 Å². The summed E-state index contributed by atoms with van der Waals surface area (Å²) < 4.78 is 0. The lowest BCUT2D eigenvalue weighted by atomic mass is 10.0. The van der Waals surface area contributed by atoms with E-state index in [2.05, 4.69) is 39.9 Å². The van der Waals surface area contributed by atoms with Crippen LogP contribution < -0.4 is 15.5 Å². The van der Waals surface area contributed by atoms with Gasteiger partial charge in [-0.1, -0.05) is 38.5 Å². The van der Waals surface area contributed by atoms with E-state index in [4.69, 9.17) is 0 Å². The van der Waals surface area contributed by atoms with Crippen molar-refractivity contribution in [3.05, 3.63) is 41.2 Å². The van der Waals surface area contributed by atoms with E-state index in [1.807, 2.05) is 18.2 Å². The molecule has 1 aromatic carbocycles. The van der Waals surface area contributed by atoms with Crippen LogP contribution in [0.25, 0.3) is 0 Å². The molecule has 156 valence electrons. The minimum absolute atomic E-state index is 0. The molecule has 2 atom stereocenters. The molecule has 0 radical (unpaired) electrons. The molecule has 3 heterocycles. The number of H-pyrrole nitrogens is 1. The van der Waals surface area contributed by atoms with E-state index < -0.39 is 6.04 Å². The lowest BCUT2D eigenvalue weighted by molar-refractivity contribution is -0.127. The molecule has 8 nitrogen and oxygen atoms in total. The molecule has 0 saturated heterocycles. The van der Waals surface area contributed by atoms with Crippen LogP contribution in [0, 0.1) is 0 Å². The third-order valence-electron chi connectivity index (χ3n) is 4.97. The van der Waals surface area contributed by atoms with Crippen molar-refractivity contribution in [3.8, 4) is 0 Å². The fraction of sp³-hybridized carbons (Fsp3) is 0.500. The van der Waals surface area contributed by atoms with Gasteiger partial charge in [0.1, 0.15) is 11.7 Å². The number of aromatic nitrogens is 3. The Morgan fingerprint density at radius 3 is 2.79 bits per heavy atom. The molecule has 0 spiro atoms. The second-order valence-corrected chi connectivity index (χ2v) is 7.12. The molecule has 28 heavy (non-hydrogen) atoms. The molecule has 0 bridgehead atoms. The van der Waals surface area contributed by atoms with Gasteiger partial charge < -0.3 is 10.6 Å². The number of nitrogens with one attached hydrogen (secondary N) is 3. The SMILES string of the molecule is CCC.CN[C@H]1CCc2cccc3c2N(C1=O)[C@H](C(=O)NCc1cn[nH]n1)C3.[HH].[HH].[HH]. The fourth-order valence-electron chi connectivity index (χ4n) is 3.71. The van der Waals surface area contributed by atoms with Gasteiger partial charge in [-0.2, -0.15) is 15.4 Å². The van der Waals surface area contributed by atoms with E-state index in [9.17, 15) is 9.59 Å². The maximum Gasteiger partial charge on any atom is 0.244 e. The van der Waals surface area contributed by atoms with Crippen LogP contribution in [0.2, 0.25) is 0 Å². The van der Waals surface area contributed by atoms with Crippen molar-refractivity contribution >= 4 is 17.5 Å². The van der Waals surface area contributed by atoms with Crippen molar-refractivity contribution in [2.45, 2.75) is 58.2 Å². The van der Waals surface area contributed by atoms with Gasteiger partial charge in [-0.25, -0.2) is 0 Å². The van der Waals surface area contributed by atoms with Crippen molar-refractivity contribution < 1.29 is 13.9 Å². The summed E-state index contributed by atoms with van der Waals surface area (Å²) in [5, 5.41) is 16.1. The highest BCUT2D eigenvalue weighted by Crippen LogP contribution is 2.38. The van der Waals surface area contributed by atoms with Crippen LogP contribution in [0.5, 0.6) is 0 Å². The van der Waals surface area contributed by atoms with Gasteiger partial charge >= 0.3 is 0 Å². The number of nitrogens with zero attached hydrogens (tertiary/aromatic N) is 3. The number of rotatable bonds is 4. The molecular weight excluding hydrogens is 356 g/mol. The normalized spacial score (nSPS) is 20.1. The number of benzene rings is 1. The molecule has 2 amide bonds. The third-order valence-corrected chi connectivity index (χ3v) is 4.97. The zero-order chi connectivity index (χ0) is 20.1. The number of aromatic amines is 1. The maximum absolute atomic E-state index is 13.0. The molecule has 4 rings (SSSR count). The summed E-state index contributed by atoms with van der Waals surface area (Å²) in [6.07, 6.45) is 4.91. The standard InChI is InChI=1S/C17H20N6O2.C3H8.3H2/c1-18-13-6-5-10-3-2-4-11-7-14(23(15(10)11)17(13)25)16(24)19-8-12-9-20-22-21-12;1-3-2;;;/h2-4,9,13-14,18H,5-8H2,1H3,(H,19,24)(H,20,21,22);3H2,1-2H3;3*1H/t13-,14-;;;;/m0..../s1. The van der Waals surface area contributed by atoms with Crippen molar-refractivity contribution in [2.75, 3.05) is 11.9 Å². The lowest BCUT2D eigenvalue weighted by Crippen LogP contribution is -2.53. The van der Waals surface area contributed by atoms with Gasteiger partial charge in [-0.3, -0.25) is 14.5 Å². The van der Waals surface area contributed by atoms with E-state index in [0.717, 1.165) is 29.7 Å². The van der Waals surface area contributed by atoms with Crippen LogP contribution in [0.15, 0.2) is 24.4 Å². The number of aryl methyl sites for hydroxylation is 1. The molecule has 0 saturated carbocycles. The Hall–Kier alpha value is -2.74. The molecule has 3 N–H and O–H groups in total. The van der Waals surface area contributed by atoms with Gasteiger partial charge in [0.2, 0.25) is 11.8 Å². The number of carbonyl (C=O) groups is 2. The molecule has 2 aromatic rings. The van der Waals surface area contributed by atoms with Gasteiger partial charge in [0.05, 0.1) is 24.5 Å². The molecule has 0 aliphatic carbocycles. The highest BCUT2D eigenvalue weighted by molar-refractivity contribution is 6.06. The number of para-hydroxylation sites is 1. The van der Waals surface area contributed by atoms with Gasteiger partial charge in [0, 0.05) is 10.7 Å². The number of hydrogen-bond acceptors (Lipinski definition) is 5. The van der Waals surface area contributed by atoms with Crippen LogP contribution in [0.1, 0.15) is 47.8 Å². The number of hydrogen-bond donors (Lipinski definition) is 3. The summed E-state index contributed by atoms with van der Waals surface area (Å²) in [6.45, 7) is 4.53. The average molecular weight is 391 g/mol. The third kappa shape index (κ3) is 3.91. The average Bonchev–Trinajstić information content (AvgIpc) is 3.31. The van der Waals surface area contributed by atoms with E-state index in [1.165, 1.54) is 6.42 Å². The largest absolute Gasteiger partial charge is 0.348 e. The molecule has 0 fully saturated rings. The predicted molar refractivity (Wildman–Crippen MR) is 113 cm³/mol. The van der Waals surface area contributed by atoms with E-state index >= 15 is 0 Å². The number of amides is 2. The Kier molecular flexibility index (Phi) is 6.41. The first-order chi connectivity index (χ1) is 13.6. The van der Waals surface area contributed by atoms with Crippen LogP contribution in [-0.2, 0) is 29.0 Å². The van der Waals surface area contributed by atoms with Crippen molar-refractivity contribution in [1.82, 2.24) is 26.0 Å². The van der Waals surface area contributed by atoms with E-state index in [1.54, 1.807) is 18.1 Å². The molecule has 2 aliphatic rings. The molecule has 2 aliphatic heterocycles. The summed E-state index contributed by atoms with van der Waals surface area (Å²) in [4.78, 5) is 27.5. The second kappa shape index (κ2) is 8.97. The summed E-state index contributed by atoms with van der Waals surface area (Å²) in [6, 6.07) is 5.26. The molecule has 0 unspecified atom stereocenters. The Labute approximate surface area is 169 Å². The highest BCUT2D eigenvalue weighted by atomic mass is 16.2. The zero-order valence-corrected chi connectivity index (χ0v) is 16.7. The first-order valence-electron chi connectivity index (χ1n) is 9.84. The van der Waals surface area contributed by atoms with Gasteiger partial charge in [-0.15, -0.1) is 0 Å². The maximum atomic E-state index is 13.0. The Morgan fingerprint density at radius 2 is 2.11 bits per heavy atom. The van der Waals surface area contributed by atoms with Crippen LogP contribution in [0.4, 0.5) is 5.69 Å². The highest BCUT2D eigenvalue weighted by Gasteiger charge is 2.43.